The zero-order valence-corrected chi connectivity index (χ0v) is 12.6. The Bertz CT molecular complexity index is 664. The molecule has 0 unspecified atom stereocenters. The first-order chi connectivity index (χ1) is 10.4. The van der Waals surface area contributed by atoms with Gasteiger partial charge in [0.2, 0.25) is 5.91 Å². The molecular weight excluding hydrogens is 278 g/mol. The van der Waals surface area contributed by atoms with Gasteiger partial charge in [-0.15, -0.1) is 0 Å². The molecule has 0 aliphatic rings. The Kier molecular flexibility index (Phi) is 4.46. The summed E-state index contributed by atoms with van der Waals surface area (Å²) >= 11 is 0. The quantitative estimate of drug-likeness (QED) is 0.810. The van der Waals surface area contributed by atoms with Gasteiger partial charge in [-0.1, -0.05) is 30.3 Å². The van der Waals surface area contributed by atoms with Gasteiger partial charge < -0.3 is 16.4 Å². The summed E-state index contributed by atoms with van der Waals surface area (Å²) in [5.41, 5.74) is 6.57. The van der Waals surface area contributed by atoms with Crippen LogP contribution in [0.5, 0.6) is 0 Å². The van der Waals surface area contributed by atoms with Gasteiger partial charge >= 0.3 is 6.03 Å². The van der Waals surface area contributed by atoms with E-state index in [0.717, 1.165) is 5.56 Å². The standard InChI is InChI=1S/C17H19N3O2/c1-17(2,12-6-4-3-5-7-12)15(21)19-13-8-10-14(11-9-13)20-16(18)22/h3-11H,1-2H3,(H,19,21)(H3,18,20,22). The molecular formula is C17H19N3O2. The van der Waals surface area contributed by atoms with Crippen molar-refractivity contribution < 1.29 is 9.59 Å². The van der Waals surface area contributed by atoms with E-state index in [0.29, 0.717) is 11.4 Å². The van der Waals surface area contributed by atoms with Crippen molar-refractivity contribution in [1.29, 1.82) is 0 Å². The minimum Gasteiger partial charge on any atom is -0.351 e. The van der Waals surface area contributed by atoms with Crippen LogP contribution in [0, 0.1) is 0 Å². The summed E-state index contributed by atoms with van der Waals surface area (Å²) in [5, 5.41) is 5.35. The number of benzene rings is 2. The lowest BCUT2D eigenvalue weighted by atomic mass is 9.83. The lowest BCUT2D eigenvalue weighted by molar-refractivity contribution is -0.120. The molecule has 5 nitrogen and oxygen atoms in total. The lowest BCUT2D eigenvalue weighted by Gasteiger charge is -2.24. The number of primary amides is 1. The minimum absolute atomic E-state index is 0.102. The average Bonchev–Trinajstić information content (AvgIpc) is 2.49. The summed E-state index contributed by atoms with van der Waals surface area (Å²) in [6, 6.07) is 15.8. The van der Waals surface area contributed by atoms with E-state index in [9.17, 15) is 9.59 Å². The maximum Gasteiger partial charge on any atom is 0.316 e. The largest absolute Gasteiger partial charge is 0.351 e. The fourth-order valence-corrected chi connectivity index (χ4v) is 2.05. The van der Waals surface area contributed by atoms with Gasteiger partial charge in [0.25, 0.3) is 0 Å². The van der Waals surface area contributed by atoms with Crippen molar-refractivity contribution in [3.63, 3.8) is 0 Å². The van der Waals surface area contributed by atoms with E-state index in [1.54, 1.807) is 24.3 Å². The number of urea groups is 1. The Morgan fingerprint density at radius 1 is 0.864 bits per heavy atom. The fraction of sp³-hybridized carbons (Fsp3) is 0.176. The highest BCUT2D eigenvalue weighted by atomic mass is 16.2. The van der Waals surface area contributed by atoms with E-state index >= 15 is 0 Å². The van der Waals surface area contributed by atoms with Gasteiger partial charge in [-0.3, -0.25) is 4.79 Å². The Balaban J connectivity index is 2.10. The summed E-state index contributed by atoms with van der Waals surface area (Å²) in [5.74, 6) is -0.102. The molecule has 4 N–H and O–H groups in total. The van der Waals surface area contributed by atoms with Crippen molar-refractivity contribution in [3.8, 4) is 0 Å². The number of hydrogen-bond donors (Lipinski definition) is 3. The van der Waals surface area contributed by atoms with Crippen LogP contribution in [0.15, 0.2) is 54.6 Å². The highest BCUT2D eigenvalue weighted by Crippen LogP contribution is 2.25. The highest BCUT2D eigenvalue weighted by Gasteiger charge is 2.29. The molecule has 22 heavy (non-hydrogen) atoms. The van der Waals surface area contributed by atoms with Crippen LogP contribution in [0.3, 0.4) is 0 Å². The molecule has 2 aromatic carbocycles. The third-order valence-corrected chi connectivity index (χ3v) is 3.47. The smallest absolute Gasteiger partial charge is 0.316 e. The molecule has 3 amide bonds. The maximum absolute atomic E-state index is 12.5. The number of rotatable bonds is 4. The maximum atomic E-state index is 12.5. The summed E-state index contributed by atoms with van der Waals surface area (Å²) in [6.07, 6.45) is 0. The number of anilines is 2. The number of carbonyl (C=O) groups is 2. The second-order valence-corrected chi connectivity index (χ2v) is 5.51. The summed E-state index contributed by atoms with van der Waals surface area (Å²) in [4.78, 5) is 23.3. The van der Waals surface area contributed by atoms with Gasteiger partial charge in [-0.05, 0) is 43.7 Å². The van der Waals surface area contributed by atoms with E-state index in [1.165, 1.54) is 0 Å². The zero-order chi connectivity index (χ0) is 16.2. The molecule has 0 fully saturated rings. The van der Waals surface area contributed by atoms with E-state index in [4.69, 9.17) is 5.73 Å². The molecule has 5 heteroatoms. The highest BCUT2D eigenvalue weighted by molar-refractivity contribution is 5.98. The third kappa shape index (κ3) is 3.63. The molecule has 0 saturated carbocycles. The number of nitrogens with one attached hydrogen (secondary N) is 2. The monoisotopic (exact) mass is 297 g/mol. The third-order valence-electron chi connectivity index (χ3n) is 3.47. The van der Waals surface area contributed by atoms with Crippen LogP contribution in [0.1, 0.15) is 19.4 Å². The van der Waals surface area contributed by atoms with Crippen LogP contribution in [0.4, 0.5) is 16.2 Å². The molecule has 0 saturated heterocycles. The van der Waals surface area contributed by atoms with Crippen molar-refractivity contribution in [2.75, 3.05) is 10.6 Å². The molecule has 0 aromatic heterocycles. The Morgan fingerprint density at radius 2 is 1.36 bits per heavy atom. The molecule has 2 rings (SSSR count). The molecule has 0 heterocycles. The van der Waals surface area contributed by atoms with Crippen molar-refractivity contribution in [1.82, 2.24) is 0 Å². The number of amides is 3. The van der Waals surface area contributed by atoms with Crippen LogP contribution in [0.25, 0.3) is 0 Å². The van der Waals surface area contributed by atoms with Gasteiger partial charge in [0.05, 0.1) is 5.41 Å². The van der Waals surface area contributed by atoms with Crippen LogP contribution in [-0.4, -0.2) is 11.9 Å². The molecule has 0 aliphatic heterocycles. The molecule has 0 aliphatic carbocycles. The van der Waals surface area contributed by atoms with E-state index in [1.807, 2.05) is 44.2 Å². The molecule has 114 valence electrons. The van der Waals surface area contributed by atoms with Crippen LogP contribution in [0.2, 0.25) is 0 Å². The number of nitrogens with two attached hydrogens (primary N) is 1. The summed E-state index contributed by atoms with van der Waals surface area (Å²) < 4.78 is 0. The van der Waals surface area contributed by atoms with E-state index in [-0.39, 0.29) is 5.91 Å². The summed E-state index contributed by atoms with van der Waals surface area (Å²) in [7, 11) is 0. The minimum atomic E-state index is -0.647. The van der Waals surface area contributed by atoms with Crippen molar-refractivity contribution >= 4 is 23.3 Å². The molecule has 0 spiro atoms. The van der Waals surface area contributed by atoms with Gasteiger partial charge in [0.15, 0.2) is 0 Å². The van der Waals surface area contributed by atoms with Crippen molar-refractivity contribution in [2.45, 2.75) is 19.3 Å². The average molecular weight is 297 g/mol. The first kappa shape index (κ1) is 15.6. The predicted molar refractivity (Wildman–Crippen MR) is 87.7 cm³/mol. The zero-order valence-electron chi connectivity index (χ0n) is 12.6. The van der Waals surface area contributed by atoms with Gasteiger partial charge in [0, 0.05) is 11.4 Å². The van der Waals surface area contributed by atoms with Crippen LogP contribution >= 0.6 is 0 Å². The second-order valence-electron chi connectivity index (χ2n) is 5.51. The van der Waals surface area contributed by atoms with E-state index in [2.05, 4.69) is 10.6 Å². The van der Waals surface area contributed by atoms with Gasteiger partial charge in [0.1, 0.15) is 0 Å². The molecule has 0 atom stereocenters. The Labute approximate surface area is 129 Å². The first-order valence-corrected chi connectivity index (χ1v) is 6.93. The Hall–Kier alpha value is -2.82. The SMILES string of the molecule is CC(C)(C(=O)Nc1ccc(NC(N)=O)cc1)c1ccccc1. The number of hydrogen-bond acceptors (Lipinski definition) is 2. The van der Waals surface area contributed by atoms with Gasteiger partial charge in [-0.25, -0.2) is 4.79 Å². The van der Waals surface area contributed by atoms with Crippen molar-refractivity contribution in [3.05, 3.63) is 60.2 Å². The summed E-state index contributed by atoms with van der Waals surface area (Å²) in [6.45, 7) is 3.75. The first-order valence-electron chi connectivity index (χ1n) is 6.93. The Morgan fingerprint density at radius 3 is 1.86 bits per heavy atom. The number of carbonyl (C=O) groups excluding carboxylic acids is 2. The molecule has 0 bridgehead atoms. The second kappa shape index (κ2) is 6.30. The van der Waals surface area contributed by atoms with E-state index < -0.39 is 11.4 Å². The lowest BCUT2D eigenvalue weighted by Crippen LogP contribution is -2.34. The van der Waals surface area contributed by atoms with Crippen molar-refractivity contribution in [2.24, 2.45) is 5.73 Å². The van der Waals surface area contributed by atoms with Gasteiger partial charge in [-0.2, -0.15) is 0 Å². The molecule has 0 radical (unpaired) electrons. The normalized spacial score (nSPS) is 10.8. The van der Waals surface area contributed by atoms with Crippen LogP contribution in [-0.2, 0) is 10.2 Å². The fourth-order valence-electron chi connectivity index (χ4n) is 2.05. The topological polar surface area (TPSA) is 84.2 Å². The predicted octanol–water partition coefficient (Wildman–Crippen LogP) is 3.09. The molecule has 2 aromatic rings. The van der Waals surface area contributed by atoms with Crippen LogP contribution < -0.4 is 16.4 Å².